The summed E-state index contributed by atoms with van der Waals surface area (Å²) in [5.41, 5.74) is 1.60. The summed E-state index contributed by atoms with van der Waals surface area (Å²) in [6.07, 6.45) is 0.384. The average molecular weight is 410 g/mol. The molecule has 1 aromatic rings. The summed E-state index contributed by atoms with van der Waals surface area (Å²) >= 11 is 16.5. The number of ketones is 1. The van der Waals surface area contributed by atoms with E-state index in [1.54, 1.807) is 26.2 Å². The number of carbonyl (C=O) groups is 2. The lowest BCUT2D eigenvalue weighted by Gasteiger charge is -2.26. The van der Waals surface area contributed by atoms with Crippen molar-refractivity contribution in [2.24, 2.45) is 5.92 Å². The Morgan fingerprint density at radius 2 is 2.08 bits per heavy atom. The zero-order valence-electron chi connectivity index (χ0n) is 13.9. The molecule has 0 aromatic heterocycles. The van der Waals surface area contributed by atoms with E-state index in [1.165, 1.54) is 0 Å². The number of carbonyl (C=O) groups excluding carboxylic acids is 2. The molecule has 2 rings (SSSR count). The van der Waals surface area contributed by atoms with Gasteiger partial charge in [0.2, 0.25) is 3.79 Å². The van der Waals surface area contributed by atoms with Crippen molar-refractivity contribution in [3.63, 3.8) is 0 Å². The van der Waals surface area contributed by atoms with Gasteiger partial charge in [0.25, 0.3) is 0 Å². The highest BCUT2D eigenvalue weighted by Crippen LogP contribution is 2.34. The first-order valence-electron chi connectivity index (χ1n) is 7.81. The maximum Gasteiger partial charge on any atom is 0.508 e. The molecule has 5 nitrogen and oxygen atoms in total. The van der Waals surface area contributed by atoms with E-state index in [9.17, 15) is 9.59 Å². The van der Waals surface area contributed by atoms with E-state index in [4.69, 9.17) is 49.0 Å². The van der Waals surface area contributed by atoms with E-state index in [0.29, 0.717) is 18.4 Å². The number of benzene rings is 1. The van der Waals surface area contributed by atoms with Crippen LogP contribution in [-0.2, 0) is 15.9 Å². The molecule has 0 bridgehead atoms. The monoisotopic (exact) mass is 408 g/mol. The predicted molar refractivity (Wildman–Crippen MR) is 95.9 cm³/mol. The molecule has 1 aliphatic rings. The maximum atomic E-state index is 12.7. The number of alkyl halides is 3. The molecule has 0 spiro atoms. The quantitative estimate of drug-likeness (QED) is 0.519. The molecule has 0 amide bonds. The average Bonchev–Trinajstić information content (AvgIpc) is 2.54. The van der Waals surface area contributed by atoms with Gasteiger partial charge in [0.15, 0.2) is 5.78 Å². The van der Waals surface area contributed by atoms with Crippen LogP contribution in [0.2, 0.25) is 0 Å². The fourth-order valence-electron chi connectivity index (χ4n) is 2.93. The van der Waals surface area contributed by atoms with Gasteiger partial charge in [-0.2, -0.15) is 0 Å². The Kier molecular flexibility index (Phi) is 6.83. The summed E-state index contributed by atoms with van der Waals surface area (Å²) in [5, 5.41) is 0. The number of rotatable bonds is 5. The molecular weight excluding hydrogens is 391 g/mol. The van der Waals surface area contributed by atoms with Crippen LogP contribution in [0.25, 0.3) is 0 Å². The van der Waals surface area contributed by atoms with Crippen LogP contribution in [0.1, 0.15) is 35.7 Å². The Hall–Kier alpha value is -1.17. The van der Waals surface area contributed by atoms with Crippen LogP contribution in [0.15, 0.2) is 18.2 Å². The fraction of sp³-hybridized carbons (Fsp3) is 0.529. The van der Waals surface area contributed by atoms with Crippen molar-refractivity contribution in [2.45, 2.75) is 36.1 Å². The van der Waals surface area contributed by atoms with Crippen LogP contribution in [0.5, 0.6) is 5.75 Å². The van der Waals surface area contributed by atoms with Gasteiger partial charge >= 0.3 is 6.16 Å². The van der Waals surface area contributed by atoms with Crippen LogP contribution in [0, 0.1) is 5.92 Å². The molecule has 25 heavy (non-hydrogen) atoms. The van der Waals surface area contributed by atoms with Crippen molar-refractivity contribution in [3.05, 3.63) is 29.3 Å². The lowest BCUT2D eigenvalue weighted by molar-refractivity contribution is 0.0216. The number of ether oxygens (including phenoxy) is 3. The van der Waals surface area contributed by atoms with E-state index < -0.39 is 22.7 Å². The van der Waals surface area contributed by atoms with Gasteiger partial charge in [-0.15, -0.1) is 0 Å². The van der Waals surface area contributed by atoms with Crippen molar-refractivity contribution < 1.29 is 23.8 Å². The zero-order chi connectivity index (χ0) is 18.6. The van der Waals surface area contributed by atoms with Gasteiger partial charge in [0.05, 0.1) is 7.11 Å². The first-order valence-corrected chi connectivity index (χ1v) is 8.95. The molecule has 138 valence electrons. The fourth-order valence-corrected chi connectivity index (χ4v) is 3.09. The number of fused-ring (bicyclic) bond motifs is 1. The topological polar surface area (TPSA) is 61.8 Å². The van der Waals surface area contributed by atoms with Crippen molar-refractivity contribution in [1.82, 2.24) is 0 Å². The Balaban J connectivity index is 1.93. The first kappa shape index (κ1) is 20.1. The Bertz CT molecular complexity index is 642. The molecule has 0 saturated heterocycles. The number of Topliss-reactive ketones (excluding diaryl/α,β-unsaturated/α-hetero) is 1. The van der Waals surface area contributed by atoms with Gasteiger partial charge in [-0.1, -0.05) is 46.9 Å². The molecule has 0 heterocycles. The Labute approximate surface area is 161 Å². The highest BCUT2D eigenvalue weighted by atomic mass is 35.6. The molecule has 2 atom stereocenters. The third kappa shape index (κ3) is 5.66. The third-order valence-electron chi connectivity index (χ3n) is 4.00. The lowest BCUT2D eigenvalue weighted by atomic mass is 9.80. The highest BCUT2D eigenvalue weighted by Gasteiger charge is 2.31. The summed E-state index contributed by atoms with van der Waals surface area (Å²) in [4.78, 5) is 24.3. The van der Waals surface area contributed by atoms with Crippen molar-refractivity contribution in [1.29, 1.82) is 0 Å². The van der Waals surface area contributed by atoms with Crippen LogP contribution in [0.4, 0.5) is 4.79 Å². The first-order chi connectivity index (χ1) is 11.7. The standard InChI is InChI=1S/C17H19Cl3O5/c1-10(25-16(22)24-9-17(18,19)20)8-11-6-7-12-13(15(11)21)4-3-5-14(12)23-2/h3-5,10-11H,6-9H2,1-2H3/t10-,11?/m0/s1. The second kappa shape index (κ2) is 8.47. The van der Waals surface area contributed by atoms with Crippen LogP contribution >= 0.6 is 34.8 Å². The highest BCUT2D eigenvalue weighted by molar-refractivity contribution is 6.67. The van der Waals surface area contributed by atoms with Crippen LogP contribution < -0.4 is 4.74 Å². The van der Waals surface area contributed by atoms with Crippen molar-refractivity contribution in [2.75, 3.05) is 13.7 Å². The SMILES string of the molecule is COc1cccc2c1CCC(C[C@H](C)OC(=O)OCC(Cl)(Cl)Cl)C2=O. The summed E-state index contributed by atoms with van der Waals surface area (Å²) in [6, 6.07) is 5.44. The molecule has 8 heteroatoms. The largest absolute Gasteiger partial charge is 0.508 e. The summed E-state index contributed by atoms with van der Waals surface area (Å²) in [7, 11) is 1.59. The molecule has 1 aliphatic carbocycles. The number of halogens is 3. The molecule has 1 unspecified atom stereocenters. The van der Waals surface area contributed by atoms with Crippen molar-refractivity contribution >= 4 is 46.7 Å². The minimum Gasteiger partial charge on any atom is -0.496 e. The van der Waals surface area contributed by atoms with Crippen molar-refractivity contribution in [3.8, 4) is 5.75 Å². The molecule has 0 N–H and O–H groups in total. The number of hydrogen-bond acceptors (Lipinski definition) is 5. The summed E-state index contributed by atoms with van der Waals surface area (Å²) in [5.74, 6) is 0.532. The summed E-state index contributed by atoms with van der Waals surface area (Å²) in [6.45, 7) is 1.30. The number of methoxy groups -OCH3 is 1. The molecular formula is C17H19Cl3O5. The van der Waals surface area contributed by atoms with E-state index in [-0.39, 0.29) is 11.7 Å². The van der Waals surface area contributed by atoms with Gasteiger partial charge < -0.3 is 14.2 Å². The van der Waals surface area contributed by atoms with E-state index in [2.05, 4.69) is 0 Å². The minimum atomic E-state index is -1.69. The third-order valence-corrected chi connectivity index (χ3v) is 4.33. The normalized spacial score (nSPS) is 18.3. The minimum absolute atomic E-state index is 0.0326. The second-order valence-electron chi connectivity index (χ2n) is 5.90. The van der Waals surface area contributed by atoms with E-state index >= 15 is 0 Å². The maximum absolute atomic E-state index is 12.7. The number of hydrogen-bond donors (Lipinski definition) is 0. The lowest BCUT2D eigenvalue weighted by Crippen LogP contribution is -2.28. The second-order valence-corrected chi connectivity index (χ2v) is 8.42. The van der Waals surface area contributed by atoms with Crippen LogP contribution in [0.3, 0.4) is 0 Å². The van der Waals surface area contributed by atoms with Gasteiger partial charge in [-0.05, 0) is 32.3 Å². The molecule has 0 radical (unpaired) electrons. The van der Waals surface area contributed by atoms with Gasteiger partial charge in [0, 0.05) is 17.0 Å². The van der Waals surface area contributed by atoms with E-state index in [1.807, 2.05) is 6.07 Å². The Morgan fingerprint density at radius 1 is 1.36 bits per heavy atom. The van der Waals surface area contributed by atoms with Crippen LogP contribution in [-0.4, -0.2) is 35.6 Å². The van der Waals surface area contributed by atoms with E-state index in [0.717, 1.165) is 17.7 Å². The molecule has 0 fully saturated rings. The molecule has 0 aliphatic heterocycles. The molecule has 0 saturated carbocycles. The molecule has 1 aromatic carbocycles. The Morgan fingerprint density at radius 3 is 2.72 bits per heavy atom. The zero-order valence-corrected chi connectivity index (χ0v) is 16.2. The summed E-state index contributed by atoms with van der Waals surface area (Å²) < 4.78 is 13.5. The predicted octanol–water partition coefficient (Wildman–Crippen LogP) is 4.74. The van der Waals surface area contributed by atoms with Gasteiger partial charge in [0.1, 0.15) is 18.5 Å². The smallest absolute Gasteiger partial charge is 0.496 e. The van der Waals surface area contributed by atoms with Gasteiger partial charge in [-0.25, -0.2) is 4.79 Å². The van der Waals surface area contributed by atoms with Gasteiger partial charge in [-0.3, -0.25) is 4.79 Å².